The third-order valence-corrected chi connectivity index (χ3v) is 5.98. The van der Waals surface area contributed by atoms with Crippen LogP contribution in [0.4, 0.5) is 4.39 Å². The Kier molecular flexibility index (Phi) is 5.71. The van der Waals surface area contributed by atoms with Gasteiger partial charge in [0.15, 0.2) is 0 Å². The summed E-state index contributed by atoms with van der Waals surface area (Å²) < 4.78 is 20.3. The molecule has 1 aromatic heterocycles. The number of aromatic nitrogens is 2. The molecule has 9 heteroatoms. The molecule has 0 amide bonds. The van der Waals surface area contributed by atoms with Crippen LogP contribution >= 0.6 is 36.9 Å². The molecule has 5 nitrogen and oxygen atoms in total. The lowest BCUT2D eigenvalue weighted by Crippen LogP contribution is -2.34. The highest BCUT2D eigenvalue weighted by Crippen LogP contribution is 2.42. The normalized spacial score (nSPS) is 16.0. The monoisotopic (exact) mass is 426 g/mol. The van der Waals surface area contributed by atoms with Crippen molar-refractivity contribution >= 4 is 47.8 Å². The first-order chi connectivity index (χ1) is 12.5. The third-order valence-electron chi connectivity index (χ3n) is 4.45. The lowest BCUT2D eigenvalue weighted by Gasteiger charge is -2.15. The SMILES string of the molecule is CO[C@@H]1CSc2c(-c3ccc(F)cc3)c(Cl)cc3c(=O)[nH]c(=O)n(c23)C1.S. The summed E-state index contributed by atoms with van der Waals surface area (Å²) in [4.78, 5) is 27.8. The Hall–Kier alpha value is -1.74. The predicted octanol–water partition coefficient (Wildman–Crippen LogP) is 3.38. The van der Waals surface area contributed by atoms with Crippen molar-refractivity contribution in [2.45, 2.75) is 17.5 Å². The highest BCUT2D eigenvalue weighted by atomic mass is 35.5. The van der Waals surface area contributed by atoms with Crippen LogP contribution in [0.3, 0.4) is 0 Å². The molecule has 0 unspecified atom stereocenters. The smallest absolute Gasteiger partial charge is 0.328 e. The van der Waals surface area contributed by atoms with Crippen molar-refractivity contribution in [3.8, 4) is 11.1 Å². The number of nitrogens with zero attached hydrogens (tertiary/aromatic N) is 1. The first-order valence-corrected chi connectivity index (χ1v) is 9.27. The van der Waals surface area contributed by atoms with Gasteiger partial charge in [0.1, 0.15) is 5.82 Å². The predicted molar refractivity (Wildman–Crippen MR) is 111 cm³/mol. The summed E-state index contributed by atoms with van der Waals surface area (Å²) >= 11 is 7.97. The van der Waals surface area contributed by atoms with E-state index >= 15 is 0 Å². The van der Waals surface area contributed by atoms with E-state index in [9.17, 15) is 14.0 Å². The third kappa shape index (κ3) is 3.42. The summed E-state index contributed by atoms with van der Waals surface area (Å²) in [5, 5.41) is 0.720. The second-order valence-electron chi connectivity index (χ2n) is 6.00. The number of halogens is 2. The fourth-order valence-electron chi connectivity index (χ4n) is 3.17. The van der Waals surface area contributed by atoms with E-state index in [4.69, 9.17) is 16.3 Å². The molecule has 0 fully saturated rings. The molecule has 1 atom stereocenters. The zero-order valence-electron chi connectivity index (χ0n) is 14.2. The highest BCUT2D eigenvalue weighted by Gasteiger charge is 2.25. The summed E-state index contributed by atoms with van der Waals surface area (Å²) in [6.07, 6.45) is -0.195. The lowest BCUT2D eigenvalue weighted by molar-refractivity contribution is 0.107. The number of hydrogen-bond donors (Lipinski definition) is 1. The molecule has 2 heterocycles. The number of thioether (sulfide) groups is 1. The van der Waals surface area contributed by atoms with Crippen LogP contribution in [0.5, 0.6) is 0 Å². The Morgan fingerprint density at radius 2 is 2.00 bits per heavy atom. The number of rotatable bonds is 2. The maximum Gasteiger partial charge on any atom is 0.328 e. The summed E-state index contributed by atoms with van der Waals surface area (Å²) in [6, 6.07) is 7.53. The van der Waals surface area contributed by atoms with Gasteiger partial charge in [-0.1, -0.05) is 23.7 Å². The summed E-state index contributed by atoms with van der Waals surface area (Å²) in [6.45, 7) is 0.326. The maximum absolute atomic E-state index is 13.3. The van der Waals surface area contributed by atoms with Gasteiger partial charge in [-0.05, 0) is 23.8 Å². The van der Waals surface area contributed by atoms with Gasteiger partial charge in [-0.2, -0.15) is 13.5 Å². The molecule has 2 aromatic carbocycles. The molecular weight excluding hydrogens is 411 g/mol. The van der Waals surface area contributed by atoms with Gasteiger partial charge < -0.3 is 4.74 Å². The number of benzene rings is 2. The van der Waals surface area contributed by atoms with E-state index in [1.165, 1.54) is 28.5 Å². The Morgan fingerprint density at radius 1 is 1.30 bits per heavy atom. The molecule has 4 rings (SSSR count). The van der Waals surface area contributed by atoms with Gasteiger partial charge in [-0.3, -0.25) is 14.3 Å². The molecule has 0 saturated carbocycles. The van der Waals surface area contributed by atoms with Crippen molar-refractivity contribution in [3.63, 3.8) is 0 Å². The van der Waals surface area contributed by atoms with Crippen LogP contribution < -0.4 is 11.2 Å². The Labute approximate surface area is 169 Å². The van der Waals surface area contributed by atoms with Crippen molar-refractivity contribution in [1.29, 1.82) is 0 Å². The van der Waals surface area contributed by atoms with Crippen LogP contribution in [-0.4, -0.2) is 28.5 Å². The molecule has 1 aliphatic heterocycles. The lowest BCUT2D eigenvalue weighted by atomic mass is 10.0. The molecule has 27 heavy (non-hydrogen) atoms. The number of H-pyrrole nitrogens is 1. The maximum atomic E-state index is 13.3. The average Bonchev–Trinajstić information content (AvgIpc) is 2.81. The largest absolute Gasteiger partial charge is 0.379 e. The molecule has 3 aromatic rings. The van der Waals surface area contributed by atoms with Crippen LogP contribution in [0.1, 0.15) is 0 Å². The second kappa shape index (κ2) is 7.71. The zero-order chi connectivity index (χ0) is 18.4. The minimum Gasteiger partial charge on any atom is -0.379 e. The number of nitrogens with one attached hydrogen (secondary N) is 1. The quantitative estimate of drug-likeness (QED) is 0.682. The Bertz CT molecular complexity index is 1130. The van der Waals surface area contributed by atoms with Crippen molar-refractivity contribution in [1.82, 2.24) is 9.55 Å². The van der Waals surface area contributed by atoms with Gasteiger partial charge in [0.25, 0.3) is 5.56 Å². The van der Waals surface area contributed by atoms with E-state index in [0.29, 0.717) is 33.8 Å². The number of methoxy groups -OCH3 is 1. The molecule has 1 aliphatic rings. The standard InChI is InChI=1S/C18H14ClFN2O3S.H2S/c1-25-11-7-22-15-12(17(23)21-18(22)24)6-13(19)14(16(15)26-8-11)9-2-4-10(20)5-3-9;/h2-6,11H,7-8H2,1H3,(H,21,23,24);1H2/t11-;/m0./s1. The topological polar surface area (TPSA) is 64.1 Å². The van der Waals surface area contributed by atoms with Crippen LogP contribution in [0.2, 0.25) is 5.02 Å². The Balaban J connectivity index is 0.00000210. The van der Waals surface area contributed by atoms with Gasteiger partial charge in [-0.25, -0.2) is 9.18 Å². The van der Waals surface area contributed by atoms with E-state index in [1.54, 1.807) is 25.3 Å². The molecule has 0 bridgehead atoms. The number of hydrogen-bond acceptors (Lipinski definition) is 4. The van der Waals surface area contributed by atoms with Gasteiger partial charge in [-0.15, -0.1) is 11.8 Å². The molecule has 0 spiro atoms. The highest BCUT2D eigenvalue weighted by molar-refractivity contribution is 7.99. The molecule has 0 aliphatic carbocycles. The fraction of sp³-hybridized carbons (Fsp3) is 0.222. The van der Waals surface area contributed by atoms with Gasteiger partial charge >= 0.3 is 5.69 Å². The molecule has 0 saturated heterocycles. The number of aromatic amines is 1. The zero-order valence-corrected chi connectivity index (χ0v) is 16.8. The van der Waals surface area contributed by atoms with E-state index in [0.717, 1.165) is 10.5 Å². The summed E-state index contributed by atoms with van der Waals surface area (Å²) in [5.41, 5.74) is 0.967. The van der Waals surface area contributed by atoms with Crippen LogP contribution in [0, 0.1) is 5.82 Å². The summed E-state index contributed by atoms with van der Waals surface area (Å²) in [5.74, 6) is 0.243. The van der Waals surface area contributed by atoms with Crippen molar-refractivity contribution in [2.75, 3.05) is 12.9 Å². The van der Waals surface area contributed by atoms with E-state index in [2.05, 4.69) is 4.98 Å². The van der Waals surface area contributed by atoms with Gasteiger partial charge in [0.2, 0.25) is 0 Å². The van der Waals surface area contributed by atoms with Crippen LogP contribution in [-0.2, 0) is 11.3 Å². The molecular formula is C18H16ClFN2O3S2. The minimum atomic E-state index is -0.485. The first-order valence-electron chi connectivity index (χ1n) is 7.90. The number of ether oxygens (including phenoxy) is 1. The van der Waals surface area contributed by atoms with Gasteiger partial charge in [0, 0.05) is 23.3 Å². The summed E-state index contributed by atoms with van der Waals surface area (Å²) in [7, 11) is 1.59. The van der Waals surface area contributed by atoms with Crippen LogP contribution in [0.25, 0.3) is 22.0 Å². The second-order valence-corrected chi connectivity index (χ2v) is 7.44. The minimum absolute atomic E-state index is 0. The van der Waals surface area contributed by atoms with Crippen molar-refractivity contribution in [2.24, 2.45) is 0 Å². The van der Waals surface area contributed by atoms with Crippen molar-refractivity contribution < 1.29 is 9.13 Å². The Morgan fingerprint density at radius 3 is 2.67 bits per heavy atom. The fourth-order valence-corrected chi connectivity index (χ4v) is 4.86. The molecule has 0 radical (unpaired) electrons. The molecule has 142 valence electrons. The average molecular weight is 427 g/mol. The van der Waals surface area contributed by atoms with E-state index in [1.807, 2.05) is 0 Å². The molecule has 1 N–H and O–H groups in total. The van der Waals surface area contributed by atoms with E-state index < -0.39 is 11.2 Å². The van der Waals surface area contributed by atoms with E-state index in [-0.39, 0.29) is 25.4 Å². The first kappa shape index (κ1) is 20.0. The van der Waals surface area contributed by atoms with Crippen LogP contribution in [0.15, 0.2) is 44.8 Å². The van der Waals surface area contributed by atoms with Gasteiger partial charge in [0.05, 0.1) is 28.6 Å². The van der Waals surface area contributed by atoms with Crippen molar-refractivity contribution in [3.05, 3.63) is 62.0 Å².